The Morgan fingerprint density at radius 3 is 2.69 bits per heavy atom. The quantitative estimate of drug-likeness (QED) is 0.285. The summed E-state index contributed by atoms with van der Waals surface area (Å²) in [7, 11) is 0. The Labute approximate surface area is 169 Å². The van der Waals surface area contributed by atoms with Gasteiger partial charge in [-0.05, 0) is 17.7 Å². The summed E-state index contributed by atoms with van der Waals surface area (Å²) in [5.74, 6) is 0.289. The van der Waals surface area contributed by atoms with Gasteiger partial charge in [0.1, 0.15) is 24.6 Å². The van der Waals surface area contributed by atoms with Crippen LogP contribution in [0, 0.1) is 0 Å². The zero-order valence-corrected chi connectivity index (χ0v) is 15.7. The number of imidazole rings is 1. The fraction of sp³-hybridized carbons (Fsp3) is 0.294. The van der Waals surface area contributed by atoms with E-state index >= 15 is 0 Å². The van der Waals surface area contributed by atoms with Gasteiger partial charge in [-0.3, -0.25) is 4.57 Å². The van der Waals surface area contributed by atoms with Crippen molar-refractivity contribution < 1.29 is 20.1 Å². The number of nitrogens with zero attached hydrogens (tertiary/aromatic N) is 5. The number of hydrogen-bond acceptors (Lipinski definition) is 10. The number of nitrogens with two attached hydrogens (primary N) is 1. The lowest BCUT2D eigenvalue weighted by Gasteiger charge is -2.18. The molecular weight excluding hydrogens is 402 g/mol. The van der Waals surface area contributed by atoms with Crippen LogP contribution in [-0.2, 0) is 4.74 Å². The fourth-order valence-corrected chi connectivity index (χ4v) is 3.18. The highest BCUT2D eigenvalue weighted by Gasteiger charge is 2.45. The first kappa shape index (κ1) is 19.5. The van der Waals surface area contributed by atoms with E-state index in [9.17, 15) is 15.3 Å². The van der Waals surface area contributed by atoms with E-state index in [1.807, 2.05) is 0 Å². The third-order valence-corrected chi connectivity index (χ3v) is 4.78. The van der Waals surface area contributed by atoms with E-state index in [4.69, 9.17) is 22.1 Å². The Kier molecular flexibility index (Phi) is 5.30. The van der Waals surface area contributed by atoms with Gasteiger partial charge < -0.3 is 25.8 Å². The van der Waals surface area contributed by atoms with Crippen LogP contribution in [0.25, 0.3) is 11.2 Å². The largest absolute Gasteiger partial charge is 0.394 e. The average molecular weight is 420 g/mol. The maximum Gasteiger partial charge on any atom is 0.228 e. The third kappa shape index (κ3) is 3.61. The zero-order valence-electron chi connectivity index (χ0n) is 14.9. The molecule has 11 nitrogen and oxygen atoms in total. The maximum absolute atomic E-state index is 10.4. The average Bonchev–Trinajstić information content (AvgIpc) is 3.22. The monoisotopic (exact) mass is 419 g/mol. The molecule has 1 aromatic carbocycles. The topological polar surface area (TPSA) is 164 Å². The van der Waals surface area contributed by atoms with Gasteiger partial charge in [-0.15, -0.1) is 0 Å². The summed E-state index contributed by atoms with van der Waals surface area (Å²) in [6.07, 6.45) is -1.86. The molecule has 0 radical (unpaired) electrons. The molecule has 0 spiro atoms. The molecule has 1 fully saturated rings. The Hall–Kier alpha value is -2.83. The van der Waals surface area contributed by atoms with E-state index in [0.717, 1.165) is 5.56 Å². The maximum atomic E-state index is 10.4. The van der Waals surface area contributed by atoms with Gasteiger partial charge in [-0.2, -0.15) is 5.10 Å². The number of aromatic nitrogens is 4. The second-order valence-corrected chi connectivity index (χ2v) is 6.82. The van der Waals surface area contributed by atoms with Crippen LogP contribution in [0.15, 0.2) is 35.7 Å². The van der Waals surface area contributed by atoms with Gasteiger partial charge in [0, 0.05) is 5.02 Å². The second-order valence-electron chi connectivity index (χ2n) is 6.39. The van der Waals surface area contributed by atoms with E-state index in [0.29, 0.717) is 5.02 Å². The molecule has 0 bridgehead atoms. The van der Waals surface area contributed by atoms with E-state index in [2.05, 4.69) is 25.5 Å². The number of rotatable bonds is 5. The lowest BCUT2D eigenvalue weighted by atomic mass is 10.1. The number of anilines is 2. The molecule has 152 valence electrons. The number of aliphatic hydroxyl groups is 3. The lowest BCUT2D eigenvalue weighted by Crippen LogP contribution is -2.33. The highest BCUT2D eigenvalue weighted by Crippen LogP contribution is 2.35. The van der Waals surface area contributed by atoms with Crippen molar-refractivity contribution in [1.29, 1.82) is 0 Å². The Balaban J connectivity index is 1.71. The molecule has 1 saturated heterocycles. The van der Waals surface area contributed by atoms with Crippen LogP contribution in [-0.4, -0.2) is 66.0 Å². The van der Waals surface area contributed by atoms with E-state index < -0.39 is 31.1 Å². The van der Waals surface area contributed by atoms with E-state index in [-0.39, 0.29) is 22.9 Å². The van der Waals surface area contributed by atoms with Crippen molar-refractivity contribution in [2.75, 3.05) is 17.8 Å². The molecule has 6 N–H and O–H groups in total. The van der Waals surface area contributed by atoms with E-state index in [1.54, 1.807) is 30.5 Å². The van der Waals surface area contributed by atoms with Crippen LogP contribution in [0.1, 0.15) is 11.8 Å². The number of ether oxygens (including phenoxy) is 1. The molecule has 4 rings (SSSR count). The molecule has 1 aliphatic rings. The first-order valence-electron chi connectivity index (χ1n) is 8.65. The molecule has 2 aromatic heterocycles. The number of nitrogens with one attached hydrogen (secondary N) is 1. The van der Waals surface area contributed by atoms with Crippen molar-refractivity contribution in [1.82, 2.24) is 19.5 Å². The number of benzene rings is 1. The Morgan fingerprint density at radius 1 is 1.24 bits per heavy atom. The van der Waals surface area contributed by atoms with Crippen LogP contribution in [0.4, 0.5) is 11.8 Å². The minimum absolute atomic E-state index is 0.130. The first-order chi connectivity index (χ1) is 14.0. The van der Waals surface area contributed by atoms with Crippen LogP contribution >= 0.6 is 11.6 Å². The van der Waals surface area contributed by atoms with Crippen LogP contribution in [0.2, 0.25) is 5.02 Å². The van der Waals surface area contributed by atoms with E-state index in [1.165, 1.54) is 10.9 Å². The molecule has 3 heterocycles. The Bertz CT molecular complexity index is 1040. The highest BCUT2D eigenvalue weighted by molar-refractivity contribution is 6.30. The van der Waals surface area contributed by atoms with Crippen molar-refractivity contribution in [3.63, 3.8) is 0 Å². The molecule has 0 saturated carbocycles. The summed E-state index contributed by atoms with van der Waals surface area (Å²) in [5, 5.41) is 34.6. The van der Waals surface area contributed by atoms with Crippen molar-refractivity contribution in [3.05, 3.63) is 41.2 Å². The SMILES string of the molecule is Nc1ncnc2c1nc(N/N=C\c1ccc(Cl)cc1)n2[C@H]1O[C@@H](CO)[C@H](O)[C@@H]1O. The molecule has 1 aliphatic heterocycles. The second kappa shape index (κ2) is 7.89. The van der Waals surface area contributed by atoms with Gasteiger partial charge in [-0.1, -0.05) is 23.7 Å². The normalized spacial score (nSPS) is 24.6. The zero-order chi connectivity index (χ0) is 20.5. The predicted molar refractivity (Wildman–Crippen MR) is 105 cm³/mol. The summed E-state index contributed by atoms with van der Waals surface area (Å²) in [6.45, 7) is -0.462. The molecular formula is C17H18ClN7O4. The summed E-state index contributed by atoms with van der Waals surface area (Å²) in [4.78, 5) is 12.4. The summed E-state index contributed by atoms with van der Waals surface area (Å²) in [6, 6.07) is 7.03. The molecule has 0 aliphatic carbocycles. The molecule has 29 heavy (non-hydrogen) atoms. The molecule has 0 amide bonds. The van der Waals surface area contributed by atoms with Crippen LogP contribution in [0.3, 0.4) is 0 Å². The minimum Gasteiger partial charge on any atom is -0.394 e. The van der Waals surface area contributed by atoms with Gasteiger partial charge in [0.05, 0.1) is 12.8 Å². The van der Waals surface area contributed by atoms with Crippen molar-refractivity contribution in [2.45, 2.75) is 24.5 Å². The van der Waals surface area contributed by atoms with Crippen LogP contribution in [0.5, 0.6) is 0 Å². The number of hydrogen-bond donors (Lipinski definition) is 5. The molecule has 3 aromatic rings. The highest BCUT2D eigenvalue weighted by atomic mass is 35.5. The number of halogens is 1. The molecule has 12 heteroatoms. The number of fused-ring (bicyclic) bond motifs is 1. The van der Waals surface area contributed by atoms with Gasteiger partial charge >= 0.3 is 0 Å². The number of hydrazone groups is 1. The predicted octanol–water partition coefficient (Wildman–Crippen LogP) is 0.119. The minimum atomic E-state index is -1.33. The van der Waals surface area contributed by atoms with Crippen molar-refractivity contribution in [3.8, 4) is 0 Å². The third-order valence-electron chi connectivity index (χ3n) is 4.53. The van der Waals surface area contributed by atoms with Crippen LogP contribution < -0.4 is 11.2 Å². The Morgan fingerprint density at radius 2 is 2.00 bits per heavy atom. The lowest BCUT2D eigenvalue weighted by molar-refractivity contribution is -0.0501. The number of nitrogen functional groups attached to an aromatic ring is 1. The van der Waals surface area contributed by atoms with Gasteiger partial charge in [0.2, 0.25) is 5.95 Å². The molecule has 0 unspecified atom stereocenters. The standard InChI is InChI=1S/C17H18ClN7O4/c18-9-3-1-8(2-4-9)5-22-24-17-23-11-14(19)20-7-21-15(11)25(17)16-13(28)12(27)10(6-26)29-16/h1-5,7,10,12-13,16,26-28H,6H2,(H,23,24)(H2,19,20,21)/b22-5-/t10-,12-,13-,16-/m0/s1. The fourth-order valence-electron chi connectivity index (χ4n) is 3.05. The van der Waals surface area contributed by atoms with Crippen molar-refractivity contribution >= 4 is 40.7 Å². The summed E-state index contributed by atoms with van der Waals surface area (Å²) < 4.78 is 7.02. The smallest absolute Gasteiger partial charge is 0.228 e. The molecule has 4 atom stereocenters. The first-order valence-corrected chi connectivity index (χ1v) is 9.03. The number of aliphatic hydroxyl groups excluding tert-OH is 3. The van der Waals surface area contributed by atoms with Crippen molar-refractivity contribution in [2.24, 2.45) is 5.10 Å². The summed E-state index contributed by atoms with van der Waals surface area (Å²) in [5.41, 5.74) is 9.99. The van der Waals surface area contributed by atoms with Gasteiger partial charge in [0.25, 0.3) is 0 Å². The van der Waals surface area contributed by atoms with Gasteiger partial charge in [0.15, 0.2) is 23.2 Å². The summed E-state index contributed by atoms with van der Waals surface area (Å²) >= 11 is 5.87. The van der Waals surface area contributed by atoms with Gasteiger partial charge in [-0.25, -0.2) is 20.4 Å².